The van der Waals surface area contributed by atoms with E-state index in [1.807, 2.05) is 0 Å². The van der Waals surface area contributed by atoms with Crippen molar-refractivity contribution in [3.8, 4) is 6.07 Å². The number of nitrogens with one attached hydrogen (secondary N) is 1. The molecule has 1 aliphatic carbocycles. The van der Waals surface area contributed by atoms with Crippen molar-refractivity contribution in [2.75, 3.05) is 5.32 Å². The monoisotopic (exact) mass is 321 g/mol. The molecule has 2 aromatic heterocycles. The van der Waals surface area contributed by atoms with E-state index >= 15 is 0 Å². The molecule has 0 aliphatic heterocycles. The zero-order valence-corrected chi connectivity index (χ0v) is 12.3. The lowest BCUT2D eigenvalue weighted by molar-refractivity contribution is 0.102. The molecule has 2 heterocycles. The van der Waals surface area contributed by atoms with Crippen molar-refractivity contribution in [1.29, 1.82) is 5.26 Å². The van der Waals surface area contributed by atoms with Gasteiger partial charge in [0, 0.05) is 4.88 Å². The SMILES string of the molecule is N#Cc1c(NC(=O)c2cc(F)cnc2Cl)sc2c1CCC2. The summed E-state index contributed by atoms with van der Waals surface area (Å²) in [4.78, 5) is 16.9. The van der Waals surface area contributed by atoms with Crippen LogP contribution in [0.2, 0.25) is 5.15 Å². The fraction of sp³-hybridized carbons (Fsp3) is 0.214. The van der Waals surface area contributed by atoms with E-state index in [-0.39, 0.29) is 10.7 Å². The molecule has 2 aromatic rings. The summed E-state index contributed by atoms with van der Waals surface area (Å²) >= 11 is 7.20. The summed E-state index contributed by atoms with van der Waals surface area (Å²) in [6.07, 6.45) is 3.75. The number of pyridine rings is 1. The Bertz CT molecular complexity index is 781. The number of carbonyl (C=O) groups is 1. The Morgan fingerprint density at radius 2 is 2.33 bits per heavy atom. The fourth-order valence-corrected chi connectivity index (χ4v) is 3.79. The number of thiophene rings is 1. The summed E-state index contributed by atoms with van der Waals surface area (Å²) in [5.74, 6) is -1.21. The number of anilines is 1. The van der Waals surface area contributed by atoms with Crippen molar-refractivity contribution in [1.82, 2.24) is 4.98 Å². The molecule has 0 spiro atoms. The molecule has 1 amide bonds. The highest BCUT2D eigenvalue weighted by Crippen LogP contribution is 2.38. The second-order valence-electron chi connectivity index (χ2n) is 4.62. The highest BCUT2D eigenvalue weighted by Gasteiger charge is 2.24. The van der Waals surface area contributed by atoms with Gasteiger partial charge in [0.15, 0.2) is 0 Å². The predicted octanol–water partition coefficient (Wildman–Crippen LogP) is 3.55. The normalized spacial score (nSPS) is 12.8. The maximum atomic E-state index is 13.2. The van der Waals surface area contributed by atoms with Crippen LogP contribution in [0.5, 0.6) is 0 Å². The molecular weight excluding hydrogens is 313 g/mol. The van der Waals surface area contributed by atoms with Crippen LogP contribution in [0, 0.1) is 17.1 Å². The Morgan fingerprint density at radius 1 is 1.52 bits per heavy atom. The summed E-state index contributed by atoms with van der Waals surface area (Å²) in [6, 6.07) is 3.16. The van der Waals surface area contributed by atoms with Gasteiger partial charge in [-0.2, -0.15) is 5.26 Å². The molecule has 0 bridgehead atoms. The van der Waals surface area contributed by atoms with Crippen LogP contribution in [-0.2, 0) is 12.8 Å². The van der Waals surface area contributed by atoms with Crippen LogP contribution in [0.3, 0.4) is 0 Å². The highest BCUT2D eigenvalue weighted by atomic mass is 35.5. The van der Waals surface area contributed by atoms with Gasteiger partial charge in [0.1, 0.15) is 22.0 Å². The Hall–Kier alpha value is -1.97. The number of aromatic nitrogens is 1. The van der Waals surface area contributed by atoms with Gasteiger partial charge in [-0.3, -0.25) is 4.79 Å². The molecule has 7 heteroatoms. The van der Waals surface area contributed by atoms with Gasteiger partial charge < -0.3 is 5.32 Å². The Kier molecular flexibility index (Phi) is 3.62. The fourth-order valence-electron chi connectivity index (χ4n) is 2.36. The number of amides is 1. The molecule has 0 radical (unpaired) electrons. The zero-order valence-electron chi connectivity index (χ0n) is 10.7. The molecule has 0 unspecified atom stereocenters. The number of fused-ring (bicyclic) bond motifs is 1. The number of hydrogen-bond acceptors (Lipinski definition) is 4. The third-order valence-electron chi connectivity index (χ3n) is 3.31. The van der Waals surface area contributed by atoms with Crippen LogP contribution in [0.25, 0.3) is 0 Å². The van der Waals surface area contributed by atoms with Crippen molar-refractivity contribution in [3.63, 3.8) is 0 Å². The first-order chi connectivity index (χ1) is 10.1. The summed E-state index contributed by atoms with van der Waals surface area (Å²) < 4.78 is 13.2. The molecule has 21 heavy (non-hydrogen) atoms. The predicted molar refractivity (Wildman–Crippen MR) is 78.2 cm³/mol. The Morgan fingerprint density at radius 3 is 3.10 bits per heavy atom. The first kappa shape index (κ1) is 14.0. The number of aryl methyl sites for hydroxylation is 1. The van der Waals surface area contributed by atoms with E-state index in [4.69, 9.17) is 11.6 Å². The lowest BCUT2D eigenvalue weighted by Crippen LogP contribution is -2.13. The average Bonchev–Trinajstić information content (AvgIpc) is 3.01. The number of carbonyl (C=O) groups excluding carboxylic acids is 1. The lowest BCUT2D eigenvalue weighted by atomic mass is 10.1. The van der Waals surface area contributed by atoms with Crippen molar-refractivity contribution in [2.45, 2.75) is 19.3 Å². The van der Waals surface area contributed by atoms with Gasteiger partial charge in [0.05, 0.1) is 17.3 Å². The maximum absolute atomic E-state index is 13.2. The molecule has 0 atom stereocenters. The van der Waals surface area contributed by atoms with Crippen LogP contribution in [0.4, 0.5) is 9.39 Å². The van der Waals surface area contributed by atoms with Crippen LogP contribution in [0.15, 0.2) is 12.3 Å². The molecule has 1 aliphatic rings. The van der Waals surface area contributed by atoms with Crippen LogP contribution < -0.4 is 5.32 Å². The van der Waals surface area contributed by atoms with Gasteiger partial charge in [0.2, 0.25) is 0 Å². The molecular formula is C14H9ClFN3OS. The number of halogens is 2. The second kappa shape index (κ2) is 5.43. The number of rotatable bonds is 2. The minimum Gasteiger partial charge on any atom is -0.312 e. The molecule has 4 nitrogen and oxygen atoms in total. The number of nitrogens with zero attached hydrogens (tertiary/aromatic N) is 2. The molecule has 3 rings (SSSR count). The van der Waals surface area contributed by atoms with E-state index in [0.29, 0.717) is 10.6 Å². The first-order valence-electron chi connectivity index (χ1n) is 6.27. The van der Waals surface area contributed by atoms with E-state index in [2.05, 4.69) is 16.4 Å². The van der Waals surface area contributed by atoms with Gasteiger partial charge in [-0.15, -0.1) is 11.3 Å². The second-order valence-corrected chi connectivity index (χ2v) is 6.08. The summed E-state index contributed by atoms with van der Waals surface area (Å²) in [5, 5.41) is 12.3. The molecule has 106 valence electrons. The maximum Gasteiger partial charge on any atom is 0.259 e. The largest absolute Gasteiger partial charge is 0.312 e. The molecule has 0 saturated heterocycles. The zero-order chi connectivity index (χ0) is 15.0. The average molecular weight is 322 g/mol. The minimum atomic E-state index is -0.640. The lowest BCUT2D eigenvalue weighted by Gasteiger charge is -2.05. The van der Waals surface area contributed by atoms with Gasteiger partial charge >= 0.3 is 0 Å². The van der Waals surface area contributed by atoms with Crippen molar-refractivity contribution >= 4 is 33.8 Å². The van der Waals surface area contributed by atoms with Crippen molar-refractivity contribution < 1.29 is 9.18 Å². The summed E-state index contributed by atoms with van der Waals surface area (Å²) in [5.41, 5.74) is 1.47. The Balaban J connectivity index is 1.92. The van der Waals surface area contributed by atoms with E-state index in [9.17, 15) is 14.4 Å². The highest BCUT2D eigenvalue weighted by molar-refractivity contribution is 7.16. The van der Waals surface area contributed by atoms with Gasteiger partial charge in [-0.05, 0) is 30.9 Å². The molecule has 0 aromatic carbocycles. The molecule has 0 saturated carbocycles. The molecule has 0 fully saturated rings. The van der Waals surface area contributed by atoms with Gasteiger partial charge in [-0.1, -0.05) is 11.6 Å². The molecule has 1 N–H and O–H groups in total. The van der Waals surface area contributed by atoms with Crippen molar-refractivity contribution in [3.05, 3.63) is 44.8 Å². The van der Waals surface area contributed by atoms with Crippen LogP contribution in [0.1, 0.15) is 32.8 Å². The van der Waals surface area contributed by atoms with E-state index in [0.717, 1.165) is 42.0 Å². The third-order valence-corrected chi connectivity index (χ3v) is 4.82. The van der Waals surface area contributed by atoms with Crippen LogP contribution in [-0.4, -0.2) is 10.9 Å². The van der Waals surface area contributed by atoms with E-state index in [1.54, 1.807) is 0 Å². The summed E-state index contributed by atoms with van der Waals surface area (Å²) in [6.45, 7) is 0. The standard InChI is InChI=1S/C14H9ClFN3OS/c15-12-9(4-7(16)6-18-12)13(20)19-14-10(5-17)8-2-1-3-11(8)21-14/h4,6H,1-3H2,(H,19,20). The summed E-state index contributed by atoms with van der Waals surface area (Å²) in [7, 11) is 0. The topological polar surface area (TPSA) is 65.8 Å². The third kappa shape index (κ3) is 2.50. The van der Waals surface area contributed by atoms with Gasteiger partial charge in [-0.25, -0.2) is 9.37 Å². The quantitative estimate of drug-likeness (QED) is 0.860. The van der Waals surface area contributed by atoms with Crippen molar-refractivity contribution in [2.24, 2.45) is 0 Å². The van der Waals surface area contributed by atoms with Crippen LogP contribution >= 0.6 is 22.9 Å². The van der Waals surface area contributed by atoms with E-state index < -0.39 is 11.7 Å². The minimum absolute atomic E-state index is 0.0471. The van der Waals surface area contributed by atoms with Gasteiger partial charge in [0.25, 0.3) is 5.91 Å². The Labute approximate surface area is 129 Å². The van der Waals surface area contributed by atoms with E-state index in [1.165, 1.54) is 11.3 Å². The number of hydrogen-bond donors (Lipinski definition) is 1. The number of nitriles is 1. The first-order valence-corrected chi connectivity index (χ1v) is 7.46. The smallest absolute Gasteiger partial charge is 0.259 e.